The number of aromatic nitrogens is 3. The smallest absolute Gasteiger partial charge is 0.0711 e. The first kappa shape index (κ1) is 15.3. The molecule has 5 nitrogen and oxygen atoms in total. The van der Waals surface area contributed by atoms with Crippen molar-refractivity contribution >= 4 is 10.9 Å². The molecule has 1 aromatic carbocycles. The zero-order valence-corrected chi connectivity index (χ0v) is 13.8. The van der Waals surface area contributed by atoms with Gasteiger partial charge < -0.3 is 9.67 Å². The molecule has 1 fully saturated rings. The Morgan fingerprint density at radius 1 is 1.21 bits per heavy atom. The lowest BCUT2D eigenvalue weighted by molar-refractivity contribution is 0.140. The summed E-state index contributed by atoms with van der Waals surface area (Å²) in [6.45, 7) is 2.48. The molecule has 0 amide bonds. The first-order valence-electron chi connectivity index (χ1n) is 8.38. The highest BCUT2D eigenvalue weighted by molar-refractivity contribution is 5.80. The molecule has 0 spiro atoms. The van der Waals surface area contributed by atoms with Gasteiger partial charge in [0.2, 0.25) is 0 Å². The number of fused-ring (bicyclic) bond motifs is 1. The summed E-state index contributed by atoms with van der Waals surface area (Å²) >= 11 is 0. The Bertz CT molecular complexity index is 830. The SMILES string of the molecule is Cn1ccc2ccc(CN3C[C@@H](Cc4cnccn4)[C@H](O)C3)cc21. The van der Waals surface area contributed by atoms with Gasteiger partial charge in [0.05, 0.1) is 11.8 Å². The van der Waals surface area contributed by atoms with Crippen LogP contribution in [0.15, 0.2) is 49.1 Å². The fourth-order valence-electron chi connectivity index (χ4n) is 3.64. The Morgan fingerprint density at radius 3 is 2.96 bits per heavy atom. The molecule has 0 bridgehead atoms. The quantitative estimate of drug-likeness (QED) is 0.798. The van der Waals surface area contributed by atoms with E-state index in [1.807, 2.05) is 0 Å². The molecule has 2 aromatic heterocycles. The van der Waals surface area contributed by atoms with Crippen molar-refractivity contribution in [3.63, 3.8) is 0 Å². The number of aliphatic hydroxyl groups is 1. The zero-order chi connectivity index (χ0) is 16.5. The number of hydrogen-bond donors (Lipinski definition) is 1. The highest BCUT2D eigenvalue weighted by atomic mass is 16.3. The van der Waals surface area contributed by atoms with Gasteiger partial charge >= 0.3 is 0 Å². The molecule has 0 aliphatic carbocycles. The standard InChI is InChI=1S/C19H22N4O/c1-22-7-4-15-3-2-14(8-18(15)22)11-23-12-16(19(24)13-23)9-17-10-20-5-6-21-17/h2-8,10,16,19,24H,9,11-13H2,1H3/t16-,19-/m1/s1. The van der Waals surface area contributed by atoms with Crippen LogP contribution in [-0.2, 0) is 20.0 Å². The summed E-state index contributed by atoms with van der Waals surface area (Å²) in [4.78, 5) is 10.8. The van der Waals surface area contributed by atoms with Gasteiger partial charge in [0.1, 0.15) is 0 Å². The third-order valence-electron chi connectivity index (χ3n) is 4.93. The molecule has 5 heteroatoms. The van der Waals surface area contributed by atoms with Crippen molar-refractivity contribution in [2.75, 3.05) is 13.1 Å². The van der Waals surface area contributed by atoms with Crippen molar-refractivity contribution < 1.29 is 5.11 Å². The summed E-state index contributed by atoms with van der Waals surface area (Å²) in [5.41, 5.74) is 3.49. The fourth-order valence-corrected chi connectivity index (χ4v) is 3.64. The molecule has 3 heterocycles. The lowest BCUT2D eigenvalue weighted by atomic mass is 10.0. The highest BCUT2D eigenvalue weighted by Gasteiger charge is 2.31. The number of aryl methyl sites for hydroxylation is 1. The van der Waals surface area contributed by atoms with E-state index in [1.54, 1.807) is 18.6 Å². The molecular weight excluding hydrogens is 300 g/mol. The zero-order valence-electron chi connectivity index (χ0n) is 13.8. The van der Waals surface area contributed by atoms with Crippen molar-refractivity contribution in [2.24, 2.45) is 13.0 Å². The van der Waals surface area contributed by atoms with Crippen LogP contribution in [0.1, 0.15) is 11.3 Å². The van der Waals surface area contributed by atoms with E-state index in [1.165, 1.54) is 16.5 Å². The summed E-state index contributed by atoms with van der Waals surface area (Å²) < 4.78 is 2.15. The van der Waals surface area contributed by atoms with Crippen LogP contribution in [-0.4, -0.2) is 43.7 Å². The van der Waals surface area contributed by atoms with Gasteiger partial charge in [-0.25, -0.2) is 0 Å². The Hall–Kier alpha value is -2.24. The Kier molecular flexibility index (Phi) is 4.04. The van der Waals surface area contributed by atoms with Crippen LogP contribution in [0.2, 0.25) is 0 Å². The van der Waals surface area contributed by atoms with Gasteiger partial charge in [0.15, 0.2) is 0 Å². The number of aliphatic hydroxyl groups excluding tert-OH is 1. The fraction of sp³-hybridized carbons (Fsp3) is 0.368. The van der Waals surface area contributed by atoms with Crippen molar-refractivity contribution in [2.45, 2.75) is 19.1 Å². The molecule has 1 saturated heterocycles. The average Bonchev–Trinajstić information content (AvgIpc) is 3.12. The van der Waals surface area contributed by atoms with Gasteiger partial charge in [0.25, 0.3) is 0 Å². The molecule has 1 aliphatic heterocycles. The van der Waals surface area contributed by atoms with Crippen LogP contribution >= 0.6 is 0 Å². The first-order chi connectivity index (χ1) is 11.7. The molecule has 0 radical (unpaired) electrons. The van der Waals surface area contributed by atoms with E-state index in [0.29, 0.717) is 0 Å². The number of rotatable bonds is 4. The van der Waals surface area contributed by atoms with E-state index in [9.17, 15) is 5.11 Å². The van der Waals surface area contributed by atoms with E-state index >= 15 is 0 Å². The van der Waals surface area contributed by atoms with E-state index in [-0.39, 0.29) is 12.0 Å². The van der Waals surface area contributed by atoms with Gasteiger partial charge in [-0.2, -0.15) is 0 Å². The molecule has 124 valence electrons. The lowest BCUT2D eigenvalue weighted by Gasteiger charge is -2.16. The predicted octanol–water partition coefficient (Wildman–Crippen LogP) is 2.00. The van der Waals surface area contributed by atoms with Crippen LogP contribution in [0.3, 0.4) is 0 Å². The van der Waals surface area contributed by atoms with Crippen LogP contribution in [0.25, 0.3) is 10.9 Å². The minimum Gasteiger partial charge on any atom is -0.391 e. The molecule has 0 unspecified atom stereocenters. The largest absolute Gasteiger partial charge is 0.391 e. The Balaban J connectivity index is 1.44. The summed E-state index contributed by atoms with van der Waals surface area (Å²) in [5.74, 6) is 0.223. The molecule has 4 rings (SSSR count). The van der Waals surface area contributed by atoms with Crippen molar-refractivity contribution in [3.05, 3.63) is 60.3 Å². The minimum absolute atomic E-state index is 0.223. The molecule has 1 aliphatic rings. The highest BCUT2D eigenvalue weighted by Crippen LogP contribution is 2.24. The van der Waals surface area contributed by atoms with Gasteiger partial charge in [-0.3, -0.25) is 14.9 Å². The predicted molar refractivity (Wildman–Crippen MR) is 93.4 cm³/mol. The van der Waals surface area contributed by atoms with Crippen LogP contribution < -0.4 is 0 Å². The summed E-state index contributed by atoms with van der Waals surface area (Å²) in [5, 5.41) is 11.7. The molecule has 0 saturated carbocycles. The van der Waals surface area contributed by atoms with Crippen LogP contribution in [0, 0.1) is 5.92 Å². The molecular formula is C19H22N4O. The number of likely N-dealkylation sites (tertiary alicyclic amines) is 1. The first-order valence-corrected chi connectivity index (χ1v) is 8.38. The second-order valence-corrected chi connectivity index (χ2v) is 6.74. The van der Waals surface area contributed by atoms with E-state index in [0.717, 1.165) is 31.7 Å². The van der Waals surface area contributed by atoms with Crippen LogP contribution in [0.4, 0.5) is 0 Å². The minimum atomic E-state index is -0.300. The van der Waals surface area contributed by atoms with Gasteiger partial charge in [-0.05, 0) is 29.5 Å². The number of hydrogen-bond acceptors (Lipinski definition) is 4. The monoisotopic (exact) mass is 322 g/mol. The van der Waals surface area contributed by atoms with Gasteiger partial charge in [-0.15, -0.1) is 0 Å². The maximum Gasteiger partial charge on any atom is 0.0711 e. The van der Waals surface area contributed by atoms with Crippen molar-refractivity contribution in [1.29, 1.82) is 0 Å². The number of β-amino-alcohol motifs (C(OH)–C–C–N with tert-alkyl or cyclic N) is 1. The number of benzene rings is 1. The van der Waals surface area contributed by atoms with E-state index in [2.05, 4.69) is 56.9 Å². The second-order valence-electron chi connectivity index (χ2n) is 6.74. The Morgan fingerprint density at radius 2 is 2.12 bits per heavy atom. The average molecular weight is 322 g/mol. The normalized spacial score (nSPS) is 21.6. The van der Waals surface area contributed by atoms with E-state index in [4.69, 9.17) is 0 Å². The molecule has 1 N–H and O–H groups in total. The Labute approximate surface area is 141 Å². The summed E-state index contributed by atoms with van der Waals surface area (Å²) in [6.07, 6.45) is 7.75. The van der Waals surface area contributed by atoms with Gasteiger partial charge in [-0.1, -0.05) is 12.1 Å². The number of nitrogens with zero attached hydrogens (tertiary/aromatic N) is 4. The van der Waals surface area contributed by atoms with Gasteiger partial charge in [0, 0.05) is 62.9 Å². The third-order valence-corrected chi connectivity index (χ3v) is 4.93. The van der Waals surface area contributed by atoms with E-state index < -0.39 is 0 Å². The molecule has 24 heavy (non-hydrogen) atoms. The molecule has 2 atom stereocenters. The topological polar surface area (TPSA) is 54.2 Å². The second kappa shape index (κ2) is 6.34. The maximum atomic E-state index is 10.4. The van der Waals surface area contributed by atoms with Crippen molar-refractivity contribution in [3.8, 4) is 0 Å². The molecule has 3 aromatic rings. The summed E-state index contributed by atoms with van der Waals surface area (Å²) in [6, 6.07) is 8.74. The van der Waals surface area contributed by atoms with Crippen LogP contribution in [0.5, 0.6) is 0 Å². The lowest BCUT2D eigenvalue weighted by Crippen LogP contribution is -2.21. The third kappa shape index (κ3) is 3.05. The summed E-state index contributed by atoms with van der Waals surface area (Å²) in [7, 11) is 2.07. The maximum absolute atomic E-state index is 10.4. The van der Waals surface area contributed by atoms with Crippen molar-refractivity contribution in [1.82, 2.24) is 19.4 Å².